The van der Waals surface area contributed by atoms with Gasteiger partial charge in [0.15, 0.2) is 0 Å². The van der Waals surface area contributed by atoms with Crippen molar-refractivity contribution in [2.75, 3.05) is 19.5 Å². The molecule has 2 rings (SSSR count). The smallest absolute Gasteiger partial charge is 0.259 e. The Morgan fingerprint density at radius 2 is 1.74 bits per heavy atom. The summed E-state index contributed by atoms with van der Waals surface area (Å²) in [6.07, 6.45) is 0. The molecule has 0 aromatic heterocycles. The highest BCUT2D eigenvalue weighted by atomic mass is 32.2. The van der Waals surface area contributed by atoms with Gasteiger partial charge in [-0.05, 0) is 50.4 Å². The van der Waals surface area contributed by atoms with Crippen LogP contribution in [-0.4, -0.2) is 28.5 Å². The van der Waals surface area contributed by atoms with E-state index < -0.39 is 10.0 Å². The van der Waals surface area contributed by atoms with Crippen LogP contribution in [0.5, 0.6) is 5.75 Å². The lowest BCUT2D eigenvalue weighted by atomic mass is 10.1. The maximum absolute atomic E-state index is 12.4. The van der Waals surface area contributed by atoms with Crippen LogP contribution in [0.25, 0.3) is 0 Å². The molecule has 0 atom stereocenters. The monoisotopic (exact) mass is 334 g/mol. The molecule has 2 aromatic carbocycles. The zero-order valence-corrected chi connectivity index (χ0v) is 13.9. The molecule has 0 radical (unpaired) electrons. The predicted octanol–water partition coefficient (Wildman–Crippen LogP) is 2.16. The van der Waals surface area contributed by atoms with E-state index in [4.69, 9.17) is 4.74 Å². The summed E-state index contributed by atoms with van der Waals surface area (Å²) in [5.41, 5.74) is 1.85. The van der Waals surface area contributed by atoms with Crippen LogP contribution in [0.4, 0.5) is 5.69 Å². The molecule has 0 bridgehead atoms. The number of amides is 1. The van der Waals surface area contributed by atoms with Crippen LogP contribution in [0.2, 0.25) is 0 Å². The Bertz CT molecular complexity index is 814. The Hall–Kier alpha value is -2.38. The van der Waals surface area contributed by atoms with Gasteiger partial charge in [0.2, 0.25) is 10.0 Å². The zero-order chi connectivity index (χ0) is 17.0. The molecule has 0 aliphatic rings. The molecule has 0 saturated heterocycles. The minimum Gasteiger partial charge on any atom is -0.496 e. The first-order valence-corrected chi connectivity index (χ1v) is 8.35. The molecule has 2 aromatic rings. The van der Waals surface area contributed by atoms with Crippen molar-refractivity contribution in [3.8, 4) is 5.75 Å². The summed E-state index contributed by atoms with van der Waals surface area (Å²) in [4.78, 5) is 12.5. The molecular weight excluding hydrogens is 316 g/mol. The van der Waals surface area contributed by atoms with Gasteiger partial charge in [-0.25, -0.2) is 13.1 Å². The first kappa shape index (κ1) is 17.0. The maximum Gasteiger partial charge on any atom is 0.259 e. The maximum atomic E-state index is 12.4. The van der Waals surface area contributed by atoms with E-state index >= 15 is 0 Å². The molecule has 6 nitrogen and oxygen atoms in total. The number of rotatable bonds is 5. The second-order valence-electron chi connectivity index (χ2n) is 4.89. The Labute approximate surface area is 135 Å². The lowest BCUT2D eigenvalue weighted by molar-refractivity contribution is 0.102. The average Bonchev–Trinajstić information content (AvgIpc) is 2.55. The quantitative estimate of drug-likeness (QED) is 0.877. The third-order valence-corrected chi connectivity index (χ3v) is 4.72. The normalized spacial score (nSPS) is 11.1. The Kier molecular flexibility index (Phi) is 5.02. The van der Waals surface area contributed by atoms with Crippen molar-refractivity contribution in [3.63, 3.8) is 0 Å². The number of anilines is 1. The fourth-order valence-corrected chi connectivity index (χ4v) is 2.76. The number of carbonyl (C=O) groups is 1. The Balaban J connectivity index is 2.23. The molecule has 0 aliphatic carbocycles. The molecule has 23 heavy (non-hydrogen) atoms. The van der Waals surface area contributed by atoms with Crippen LogP contribution in [0.1, 0.15) is 15.9 Å². The van der Waals surface area contributed by atoms with E-state index in [2.05, 4.69) is 10.0 Å². The summed E-state index contributed by atoms with van der Waals surface area (Å²) in [7, 11) is -0.653. The lowest BCUT2D eigenvalue weighted by Gasteiger charge is -2.10. The van der Waals surface area contributed by atoms with Crippen molar-refractivity contribution in [2.45, 2.75) is 11.8 Å². The molecule has 2 N–H and O–H groups in total. The summed E-state index contributed by atoms with van der Waals surface area (Å²) in [6, 6.07) is 11.2. The highest BCUT2D eigenvalue weighted by Gasteiger charge is 2.14. The van der Waals surface area contributed by atoms with E-state index in [1.807, 2.05) is 13.0 Å². The summed E-state index contributed by atoms with van der Waals surface area (Å²) in [5, 5.41) is 2.72. The van der Waals surface area contributed by atoms with Crippen molar-refractivity contribution < 1.29 is 17.9 Å². The second kappa shape index (κ2) is 6.80. The third kappa shape index (κ3) is 3.88. The van der Waals surface area contributed by atoms with Crippen LogP contribution < -0.4 is 14.8 Å². The first-order valence-electron chi connectivity index (χ1n) is 6.87. The molecule has 0 spiro atoms. The zero-order valence-electron chi connectivity index (χ0n) is 13.1. The number of carbonyl (C=O) groups excluding carboxylic acids is 1. The van der Waals surface area contributed by atoms with Crippen molar-refractivity contribution in [3.05, 3.63) is 53.6 Å². The number of ether oxygens (including phenoxy) is 1. The molecule has 0 heterocycles. The summed E-state index contributed by atoms with van der Waals surface area (Å²) in [6.45, 7) is 1.88. The van der Waals surface area contributed by atoms with Gasteiger partial charge < -0.3 is 10.1 Å². The molecule has 0 saturated carbocycles. The molecule has 122 valence electrons. The van der Waals surface area contributed by atoms with Crippen LogP contribution >= 0.6 is 0 Å². The standard InChI is InChI=1S/C16H18N2O4S/c1-11-4-9-15(22-3)14(10-11)16(19)18-12-5-7-13(8-6-12)23(20,21)17-2/h4-10,17H,1-3H3,(H,18,19). The molecule has 0 aliphatic heterocycles. The van der Waals surface area contributed by atoms with Crippen LogP contribution in [-0.2, 0) is 10.0 Å². The summed E-state index contributed by atoms with van der Waals surface area (Å²) >= 11 is 0. The average molecular weight is 334 g/mol. The number of hydrogen-bond donors (Lipinski definition) is 2. The number of sulfonamides is 1. The number of methoxy groups -OCH3 is 1. The summed E-state index contributed by atoms with van der Waals surface area (Å²) < 4.78 is 30.7. The van der Waals surface area contributed by atoms with E-state index in [0.29, 0.717) is 17.0 Å². The largest absolute Gasteiger partial charge is 0.496 e. The molecule has 0 unspecified atom stereocenters. The van der Waals surface area contributed by atoms with Gasteiger partial charge in [-0.15, -0.1) is 0 Å². The predicted molar refractivity (Wildman–Crippen MR) is 88.4 cm³/mol. The molecule has 1 amide bonds. The number of aryl methyl sites for hydroxylation is 1. The molecule has 0 fully saturated rings. The van der Waals surface area contributed by atoms with E-state index in [-0.39, 0.29) is 10.8 Å². The van der Waals surface area contributed by atoms with E-state index in [1.54, 1.807) is 12.1 Å². The molecule has 7 heteroatoms. The van der Waals surface area contributed by atoms with Crippen molar-refractivity contribution in [1.82, 2.24) is 4.72 Å². The SMILES string of the molecule is CNS(=O)(=O)c1ccc(NC(=O)c2cc(C)ccc2OC)cc1. The van der Waals surface area contributed by atoms with Gasteiger partial charge in [0.25, 0.3) is 5.91 Å². The highest BCUT2D eigenvalue weighted by Crippen LogP contribution is 2.21. The van der Waals surface area contributed by atoms with Gasteiger partial charge in [-0.1, -0.05) is 11.6 Å². The fraction of sp³-hybridized carbons (Fsp3) is 0.188. The van der Waals surface area contributed by atoms with Crippen LogP contribution in [0.3, 0.4) is 0 Å². The number of hydrogen-bond acceptors (Lipinski definition) is 4. The van der Waals surface area contributed by atoms with Gasteiger partial charge in [-0.2, -0.15) is 0 Å². The second-order valence-corrected chi connectivity index (χ2v) is 6.78. The van der Waals surface area contributed by atoms with Gasteiger partial charge >= 0.3 is 0 Å². The Morgan fingerprint density at radius 3 is 2.30 bits per heavy atom. The van der Waals surface area contributed by atoms with E-state index in [0.717, 1.165) is 5.56 Å². The van der Waals surface area contributed by atoms with Crippen molar-refractivity contribution in [1.29, 1.82) is 0 Å². The highest BCUT2D eigenvalue weighted by molar-refractivity contribution is 7.89. The number of benzene rings is 2. The van der Waals surface area contributed by atoms with Crippen LogP contribution in [0, 0.1) is 6.92 Å². The van der Waals surface area contributed by atoms with Crippen LogP contribution in [0.15, 0.2) is 47.4 Å². The third-order valence-electron chi connectivity index (χ3n) is 3.29. The minimum atomic E-state index is -3.49. The minimum absolute atomic E-state index is 0.131. The summed E-state index contributed by atoms with van der Waals surface area (Å²) in [5.74, 6) is 0.150. The van der Waals surface area contributed by atoms with Gasteiger partial charge in [-0.3, -0.25) is 4.79 Å². The van der Waals surface area contributed by atoms with Gasteiger partial charge in [0.1, 0.15) is 5.75 Å². The first-order chi connectivity index (χ1) is 10.9. The fourth-order valence-electron chi connectivity index (χ4n) is 2.03. The van der Waals surface area contributed by atoms with Crippen molar-refractivity contribution in [2.24, 2.45) is 0 Å². The van der Waals surface area contributed by atoms with E-state index in [1.165, 1.54) is 38.4 Å². The number of nitrogens with one attached hydrogen (secondary N) is 2. The lowest BCUT2D eigenvalue weighted by Crippen LogP contribution is -2.18. The Morgan fingerprint density at radius 1 is 1.09 bits per heavy atom. The van der Waals surface area contributed by atoms with E-state index in [9.17, 15) is 13.2 Å². The van der Waals surface area contributed by atoms with Crippen molar-refractivity contribution >= 4 is 21.6 Å². The topological polar surface area (TPSA) is 84.5 Å². The molecular formula is C16H18N2O4S. The van der Waals surface area contributed by atoms with Gasteiger partial charge in [0, 0.05) is 5.69 Å². The van der Waals surface area contributed by atoms with Gasteiger partial charge in [0.05, 0.1) is 17.6 Å².